The van der Waals surface area contributed by atoms with Gasteiger partial charge in [0.15, 0.2) is 11.4 Å². The van der Waals surface area contributed by atoms with Gasteiger partial charge in [-0.2, -0.15) is 0 Å². The van der Waals surface area contributed by atoms with Crippen LogP contribution < -0.4 is 0 Å². The molecule has 1 saturated heterocycles. The highest BCUT2D eigenvalue weighted by atomic mass is 16.6. The van der Waals surface area contributed by atoms with E-state index in [1.54, 1.807) is 24.3 Å². The first-order valence-electron chi connectivity index (χ1n) is 10.2. The summed E-state index contributed by atoms with van der Waals surface area (Å²) in [6, 6.07) is 0. The number of carbonyl (C=O) groups is 3. The number of rotatable bonds is 5. The summed E-state index contributed by atoms with van der Waals surface area (Å²) in [5.41, 5.74) is -2.32. The van der Waals surface area contributed by atoms with Crippen molar-refractivity contribution in [2.75, 3.05) is 6.61 Å². The molecule has 0 aromatic rings. The minimum Gasteiger partial charge on any atom is -0.459 e. The molecule has 0 amide bonds. The predicted octanol–water partition coefficient (Wildman–Crippen LogP) is 3.05. The Morgan fingerprint density at radius 3 is 2.69 bits per heavy atom. The van der Waals surface area contributed by atoms with Gasteiger partial charge in [-0.3, -0.25) is 9.59 Å². The molecule has 1 heterocycles. The van der Waals surface area contributed by atoms with Crippen molar-refractivity contribution >= 4 is 17.7 Å². The molecule has 2 aliphatic carbocycles. The molecular weight excluding hydrogens is 372 g/mol. The third-order valence-electron chi connectivity index (χ3n) is 6.86. The molecule has 3 aliphatic rings. The second-order valence-corrected chi connectivity index (χ2v) is 9.20. The Kier molecular flexibility index (Phi) is 5.60. The highest BCUT2D eigenvalue weighted by molar-refractivity contribution is 6.02. The van der Waals surface area contributed by atoms with Gasteiger partial charge in [0.25, 0.3) is 0 Å². The Labute approximate surface area is 171 Å². The molecule has 6 heteroatoms. The van der Waals surface area contributed by atoms with Crippen LogP contribution >= 0.6 is 0 Å². The maximum Gasteiger partial charge on any atom is 0.343 e. The first kappa shape index (κ1) is 21.5. The van der Waals surface area contributed by atoms with Crippen LogP contribution in [0.5, 0.6) is 0 Å². The molecule has 4 atom stereocenters. The quantitative estimate of drug-likeness (QED) is 0.250. The van der Waals surface area contributed by atoms with E-state index >= 15 is 0 Å². The van der Waals surface area contributed by atoms with Crippen molar-refractivity contribution in [2.45, 2.75) is 65.1 Å². The Morgan fingerprint density at radius 2 is 2.00 bits per heavy atom. The van der Waals surface area contributed by atoms with Gasteiger partial charge in [-0.25, -0.2) is 4.79 Å². The van der Waals surface area contributed by atoms with Crippen molar-refractivity contribution in [3.05, 3.63) is 36.0 Å². The van der Waals surface area contributed by atoms with Crippen molar-refractivity contribution in [2.24, 2.45) is 16.7 Å². The minimum atomic E-state index is -1.69. The summed E-state index contributed by atoms with van der Waals surface area (Å²) in [5, 5.41) is 11.4. The third kappa shape index (κ3) is 3.48. The largest absolute Gasteiger partial charge is 0.459 e. The number of hydrogen-bond acceptors (Lipinski definition) is 6. The number of fused-ring (bicyclic) bond motifs is 3. The molecule has 0 bridgehead atoms. The molecule has 1 saturated carbocycles. The van der Waals surface area contributed by atoms with Crippen molar-refractivity contribution in [3.63, 3.8) is 0 Å². The number of aliphatic hydroxyl groups is 1. The minimum absolute atomic E-state index is 0.00283. The molecular formula is C23H30O6. The molecule has 0 aromatic carbocycles. The normalized spacial score (nSPS) is 35.8. The van der Waals surface area contributed by atoms with E-state index in [9.17, 15) is 19.5 Å². The van der Waals surface area contributed by atoms with Crippen LogP contribution in [0, 0.1) is 16.7 Å². The second-order valence-electron chi connectivity index (χ2n) is 9.20. The Hall–Kier alpha value is -2.21. The van der Waals surface area contributed by atoms with Gasteiger partial charge in [0, 0.05) is 16.9 Å². The van der Waals surface area contributed by atoms with E-state index in [0.717, 1.165) is 12.8 Å². The molecule has 0 aromatic heterocycles. The fourth-order valence-corrected chi connectivity index (χ4v) is 5.61. The maximum atomic E-state index is 12.5. The molecule has 0 unspecified atom stereocenters. The zero-order chi connectivity index (χ0) is 21.4. The number of hydrogen-bond donors (Lipinski definition) is 1. The smallest absolute Gasteiger partial charge is 0.343 e. The van der Waals surface area contributed by atoms with Crippen LogP contribution in [0.4, 0.5) is 0 Å². The Balaban J connectivity index is 1.90. The van der Waals surface area contributed by atoms with Gasteiger partial charge in [0.1, 0.15) is 19.1 Å². The molecule has 0 spiro atoms. The first-order chi connectivity index (χ1) is 13.6. The van der Waals surface area contributed by atoms with E-state index in [0.29, 0.717) is 12.0 Å². The lowest BCUT2D eigenvalue weighted by molar-refractivity contribution is -0.196. The average Bonchev–Trinajstić information content (AvgIpc) is 2.91. The molecule has 1 aliphatic heterocycles. The monoisotopic (exact) mass is 402 g/mol. The number of allylic oxidation sites excluding steroid dienone is 4. The fraction of sp³-hybridized carbons (Fsp3) is 0.609. The number of carbonyl (C=O) groups excluding carboxylic acids is 3. The lowest BCUT2D eigenvalue weighted by Crippen LogP contribution is -2.65. The van der Waals surface area contributed by atoms with Crippen LogP contribution in [-0.2, 0) is 23.9 Å². The third-order valence-corrected chi connectivity index (χ3v) is 6.86. The van der Waals surface area contributed by atoms with Crippen LogP contribution in [0.1, 0.15) is 53.4 Å². The molecule has 2 fully saturated rings. The van der Waals surface area contributed by atoms with Crippen LogP contribution in [0.2, 0.25) is 0 Å². The van der Waals surface area contributed by atoms with Crippen LogP contribution in [0.3, 0.4) is 0 Å². The van der Waals surface area contributed by atoms with Crippen molar-refractivity contribution < 1.29 is 29.0 Å². The second kappa shape index (κ2) is 7.56. The maximum absolute atomic E-state index is 12.5. The van der Waals surface area contributed by atoms with E-state index in [1.165, 1.54) is 6.08 Å². The van der Waals surface area contributed by atoms with Gasteiger partial charge in [0.05, 0.1) is 0 Å². The van der Waals surface area contributed by atoms with Crippen LogP contribution in [0.15, 0.2) is 36.0 Å². The number of esters is 2. The SMILES string of the molecule is C/C=C/C=C/C(=O)CC(=O)O[C@H]1C=C2COC(=O)[C@]2(O)[C@@]2(C)CCCC(C)(C)[C@H]12. The van der Waals surface area contributed by atoms with Crippen molar-refractivity contribution in [3.8, 4) is 0 Å². The van der Waals surface area contributed by atoms with Crippen LogP contribution in [-0.4, -0.2) is 41.1 Å². The standard InChI is InChI=1S/C23H30O6/c1-5-6-7-9-16(24)13-18(25)29-17-12-15-14-28-20(26)23(15,27)22(4)11-8-10-21(2,3)19(17)22/h5-7,9,12,17,19,27H,8,10-11,13-14H2,1-4H3/b6-5+,9-7+/t17-,19-,22-,23-/m0/s1. The number of ketones is 1. The van der Waals surface area contributed by atoms with E-state index in [4.69, 9.17) is 9.47 Å². The lowest BCUT2D eigenvalue weighted by atomic mass is 9.46. The molecule has 158 valence electrons. The Bertz CT molecular complexity index is 804. The summed E-state index contributed by atoms with van der Waals surface area (Å²) in [6.07, 6.45) is 9.50. The topological polar surface area (TPSA) is 89.9 Å². The molecule has 0 radical (unpaired) electrons. The summed E-state index contributed by atoms with van der Waals surface area (Å²) in [7, 11) is 0. The highest BCUT2D eigenvalue weighted by Gasteiger charge is 2.69. The summed E-state index contributed by atoms with van der Waals surface area (Å²) in [6.45, 7) is 7.87. The Morgan fingerprint density at radius 1 is 1.28 bits per heavy atom. The molecule has 1 N–H and O–H groups in total. The van der Waals surface area contributed by atoms with Crippen LogP contribution in [0.25, 0.3) is 0 Å². The zero-order valence-electron chi connectivity index (χ0n) is 17.6. The summed E-state index contributed by atoms with van der Waals surface area (Å²) < 4.78 is 11.0. The van der Waals surface area contributed by atoms with E-state index in [1.807, 2.05) is 13.8 Å². The van der Waals surface area contributed by atoms with E-state index in [2.05, 4.69) is 13.8 Å². The van der Waals surface area contributed by atoms with E-state index in [-0.39, 0.29) is 30.1 Å². The number of cyclic esters (lactones) is 1. The molecule has 3 rings (SSSR count). The first-order valence-corrected chi connectivity index (χ1v) is 10.2. The summed E-state index contributed by atoms with van der Waals surface area (Å²) >= 11 is 0. The lowest BCUT2D eigenvalue weighted by Gasteiger charge is -2.59. The molecule has 29 heavy (non-hydrogen) atoms. The van der Waals surface area contributed by atoms with Gasteiger partial charge in [-0.15, -0.1) is 0 Å². The summed E-state index contributed by atoms with van der Waals surface area (Å²) in [4.78, 5) is 37.0. The number of ether oxygens (including phenoxy) is 2. The zero-order valence-corrected chi connectivity index (χ0v) is 17.6. The van der Waals surface area contributed by atoms with E-state index < -0.39 is 29.1 Å². The summed E-state index contributed by atoms with van der Waals surface area (Å²) in [5.74, 6) is -1.84. The van der Waals surface area contributed by atoms with Gasteiger partial charge in [-0.1, -0.05) is 45.4 Å². The van der Waals surface area contributed by atoms with Gasteiger partial charge in [-0.05, 0) is 37.3 Å². The highest BCUT2D eigenvalue weighted by Crippen LogP contribution is 2.63. The van der Waals surface area contributed by atoms with Gasteiger partial charge >= 0.3 is 11.9 Å². The van der Waals surface area contributed by atoms with Crippen molar-refractivity contribution in [1.82, 2.24) is 0 Å². The van der Waals surface area contributed by atoms with Gasteiger partial charge in [0.2, 0.25) is 0 Å². The predicted molar refractivity (Wildman–Crippen MR) is 107 cm³/mol. The van der Waals surface area contributed by atoms with Crippen molar-refractivity contribution in [1.29, 1.82) is 0 Å². The van der Waals surface area contributed by atoms with Gasteiger partial charge < -0.3 is 14.6 Å². The average molecular weight is 402 g/mol. The fourth-order valence-electron chi connectivity index (χ4n) is 5.61. The molecule has 6 nitrogen and oxygen atoms in total.